The van der Waals surface area contributed by atoms with Crippen molar-refractivity contribution in [3.63, 3.8) is 0 Å². The first-order valence-electron chi connectivity index (χ1n) is 9.23. The topological polar surface area (TPSA) is 66.9 Å². The quantitative estimate of drug-likeness (QED) is 0.761. The predicted molar refractivity (Wildman–Crippen MR) is 97.5 cm³/mol. The highest BCUT2D eigenvalue weighted by atomic mass is 19.1. The zero-order valence-corrected chi connectivity index (χ0v) is 15.1. The summed E-state index contributed by atoms with van der Waals surface area (Å²) in [5.41, 5.74) is 1.33. The summed E-state index contributed by atoms with van der Waals surface area (Å²) in [6, 6.07) is 11.9. The fraction of sp³-hybridized carbons (Fsp3) is 0.286. The second-order valence-corrected chi connectivity index (χ2v) is 6.97. The second-order valence-electron chi connectivity index (χ2n) is 6.97. The molecule has 1 unspecified atom stereocenters. The molecule has 144 valence electrons. The Morgan fingerprint density at radius 2 is 1.64 bits per heavy atom. The number of halogens is 1. The summed E-state index contributed by atoms with van der Waals surface area (Å²) in [4.78, 5) is 44.8. The summed E-state index contributed by atoms with van der Waals surface area (Å²) >= 11 is 0. The van der Waals surface area contributed by atoms with Crippen LogP contribution in [0, 0.1) is 5.82 Å². The molecule has 0 N–H and O–H groups in total. The Morgan fingerprint density at radius 3 is 2.29 bits per heavy atom. The molecule has 2 heterocycles. The van der Waals surface area contributed by atoms with E-state index in [0.29, 0.717) is 24.6 Å². The van der Waals surface area contributed by atoms with Crippen molar-refractivity contribution in [1.82, 2.24) is 9.96 Å². The van der Waals surface area contributed by atoms with Gasteiger partial charge in [-0.1, -0.05) is 35.7 Å². The van der Waals surface area contributed by atoms with Gasteiger partial charge in [0.25, 0.3) is 11.8 Å². The van der Waals surface area contributed by atoms with Crippen LogP contribution in [0.1, 0.15) is 45.5 Å². The summed E-state index contributed by atoms with van der Waals surface area (Å²) < 4.78 is 13.1. The van der Waals surface area contributed by atoms with Crippen molar-refractivity contribution in [3.8, 4) is 0 Å². The molecule has 0 radical (unpaired) electrons. The number of fused-ring (bicyclic) bond motifs is 1. The minimum atomic E-state index is -0.630. The first-order valence-corrected chi connectivity index (χ1v) is 9.23. The molecule has 2 aromatic rings. The predicted octanol–water partition coefficient (Wildman–Crippen LogP) is 2.93. The van der Waals surface area contributed by atoms with Crippen LogP contribution in [0.15, 0.2) is 48.5 Å². The average Bonchev–Trinajstić information content (AvgIpc) is 2.95. The maximum Gasteiger partial charge on any atom is 0.350 e. The van der Waals surface area contributed by atoms with E-state index in [1.54, 1.807) is 24.3 Å². The van der Waals surface area contributed by atoms with Crippen molar-refractivity contribution in [3.05, 3.63) is 71.0 Å². The first kappa shape index (κ1) is 18.3. The molecule has 28 heavy (non-hydrogen) atoms. The fourth-order valence-electron chi connectivity index (χ4n) is 3.67. The van der Waals surface area contributed by atoms with Crippen molar-refractivity contribution >= 4 is 17.8 Å². The van der Waals surface area contributed by atoms with E-state index in [9.17, 15) is 18.8 Å². The largest absolute Gasteiger partial charge is 0.350 e. The smallest absolute Gasteiger partial charge is 0.328 e. The van der Waals surface area contributed by atoms with E-state index in [1.165, 1.54) is 24.3 Å². The highest BCUT2D eigenvalue weighted by molar-refractivity contribution is 6.20. The van der Waals surface area contributed by atoms with Gasteiger partial charge in [0.2, 0.25) is 0 Å². The van der Waals surface area contributed by atoms with Gasteiger partial charge >= 0.3 is 5.97 Å². The number of benzene rings is 2. The fourth-order valence-corrected chi connectivity index (χ4v) is 3.67. The molecular formula is C21H19FN2O4. The molecule has 2 aromatic carbocycles. The van der Waals surface area contributed by atoms with Crippen LogP contribution in [-0.2, 0) is 16.2 Å². The third-order valence-electron chi connectivity index (χ3n) is 5.12. The molecule has 1 saturated heterocycles. The number of carbonyl (C=O) groups is 3. The summed E-state index contributed by atoms with van der Waals surface area (Å²) in [7, 11) is 0. The molecular weight excluding hydrogens is 363 g/mol. The van der Waals surface area contributed by atoms with Crippen molar-refractivity contribution < 1.29 is 23.6 Å². The van der Waals surface area contributed by atoms with Gasteiger partial charge in [-0.15, -0.1) is 0 Å². The minimum absolute atomic E-state index is 0.229. The number of hydroxylamine groups is 2. The number of amides is 2. The number of carbonyl (C=O) groups excluding carboxylic acids is 3. The van der Waals surface area contributed by atoms with Crippen molar-refractivity contribution in [2.45, 2.75) is 31.8 Å². The SMILES string of the molecule is O=C(ON1C(=O)c2ccccc2C1=O)C1CCCCN1Cc1ccc(F)cc1. The van der Waals surface area contributed by atoms with E-state index in [1.807, 2.05) is 4.90 Å². The Morgan fingerprint density at radius 1 is 1.00 bits per heavy atom. The monoisotopic (exact) mass is 382 g/mol. The number of imide groups is 1. The van der Waals surface area contributed by atoms with Crippen LogP contribution >= 0.6 is 0 Å². The van der Waals surface area contributed by atoms with Gasteiger partial charge in [-0.25, -0.2) is 9.18 Å². The summed E-state index contributed by atoms with van der Waals surface area (Å²) in [5.74, 6) is -2.20. The van der Waals surface area contributed by atoms with E-state index in [4.69, 9.17) is 4.84 Å². The van der Waals surface area contributed by atoms with Crippen LogP contribution in [0.25, 0.3) is 0 Å². The molecule has 0 saturated carbocycles. The van der Waals surface area contributed by atoms with E-state index >= 15 is 0 Å². The highest BCUT2D eigenvalue weighted by Gasteiger charge is 2.41. The summed E-state index contributed by atoms with van der Waals surface area (Å²) in [6.07, 6.45) is 2.35. The molecule has 2 aliphatic heterocycles. The van der Waals surface area contributed by atoms with Gasteiger partial charge in [-0.2, -0.15) is 0 Å². The lowest BCUT2D eigenvalue weighted by molar-refractivity contribution is -0.176. The number of rotatable bonds is 4. The van der Waals surface area contributed by atoms with Gasteiger partial charge in [0.05, 0.1) is 11.1 Å². The Balaban J connectivity index is 1.48. The van der Waals surface area contributed by atoms with Gasteiger partial charge in [0.15, 0.2) is 0 Å². The standard InChI is InChI=1S/C21H19FN2O4/c22-15-10-8-14(9-11-15)13-23-12-4-3-7-18(23)21(27)28-24-19(25)16-5-1-2-6-17(16)20(24)26/h1-2,5-6,8-11,18H,3-4,7,12-13H2. The Bertz CT molecular complexity index is 893. The minimum Gasteiger partial charge on any atom is -0.328 e. The summed E-state index contributed by atoms with van der Waals surface area (Å²) in [6.45, 7) is 1.14. The maximum atomic E-state index is 13.1. The average molecular weight is 382 g/mol. The molecule has 0 aromatic heterocycles. The molecule has 0 aliphatic carbocycles. The van der Waals surface area contributed by atoms with E-state index in [2.05, 4.69) is 0 Å². The third kappa shape index (κ3) is 3.41. The molecule has 1 fully saturated rings. The number of hydrogen-bond donors (Lipinski definition) is 0. The third-order valence-corrected chi connectivity index (χ3v) is 5.12. The maximum absolute atomic E-state index is 13.1. The molecule has 2 aliphatic rings. The number of nitrogens with zero attached hydrogens (tertiary/aromatic N) is 2. The molecule has 6 nitrogen and oxygen atoms in total. The van der Waals surface area contributed by atoms with Gasteiger partial charge < -0.3 is 4.84 Å². The molecule has 0 bridgehead atoms. The number of piperidine rings is 1. The van der Waals surface area contributed by atoms with Crippen LogP contribution in [0.5, 0.6) is 0 Å². The molecule has 4 rings (SSSR count). The van der Waals surface area contributed by atoms with Crippen molar-refractivity contribution in [1.29, 1.82) is 0 Å². The van der Waals surface area contributed by atoms with Crippen LogP contribution < -0.4 is 0 Å². The first-order chi connectivity index (χ1) is 13.5. The lowest BCUT2D eigenvalue weighted by atomic mass is 10.0. The second kappa shape index (κ2) is 7.52. The zero-order chi connectivity index (χ0) is 19.7. The Kier molecular flexibility index (Phi) is 4.92. The van der Waals surface area contributed by atoms with Crippen molar-refractivity contribution in [2.24, 2.45) is 0 Å². The highest BCUT2D eigenvalue weighted by Crippen LogP contribution is 2.25. The van der Waals surface area contributed by atoms with Gasteiger partial charge in [0.1, 0.15) is 11.9 Å². The van der Waals surface area contributed by atoms with E-state index in [-0.39, 0.29) is 16.9 Å². The Hall–Kier alpha value is -3.06. The van der Waals surface area contributed by atoms with Crippen molar-refractivity contribution in [2.75, 3.05) is 6.54 Å². The molecule has 2 amide bonds. The van der Waals surface area contributed by atoms with Gasteiger partial charge in [-0.3, -0.25) is 14.5 Å². The van der Waals surface area contributed by atoms with Crippen LogP contribution in [-0.4, -0.2) is 40.3 Å². The van der Waals surface area contributed by atoms with Crippen LogP contribution in [0.2, 0.25) is 0 Å². The van der Waals surface area contributed by atoms with Gasteiger partial charge in [0, 0.05) is 6.54 Å². The normalized spacial score (nSPS) is 19.6. The van der Waals surface area contributed by atoms with Crippen LogP contribution in [0.3, 0.4) is 0 Å². The van der Waals surface area contributed by atoms with E-state index in [0.717, 1.165) is 18.4 Å². The lowest BCUT2D eigenvalue weighted by Gasteiger charge is -2.34. The van der Waals surface area contributed by atoms with Crippen LogP contribution in [0.4, 0.5) is 4.39 Å². The zero-order valence-electron chi connectivity index (χ0n) is 15.1. The lowest BCUT2D eigenvalue weighted by Crippen LogP contribution is -2.47. The molecule has 0 spiro atoms. The molecule has 1 atom stereocenters. The number of hydrogen-bond acceptors (Lipinski definition) is 5. The number of likely N-dealkylation sites (tertiary alicyclic amines) is 1. The Labute approximate surface area is 161 Å². The van der Waals surface area contributed by atoms with Gasteiger partial charge in [-0.05, 0) is 49.2 Å². The van der Waals surface area contributed by atoms with E-state index < -0.39 is 23.8 Å². The summed E-state index contributed by atoms with van der Waals surface area (Å²) in [5, 5.41) is 0.553. The molecule has 7 heteroatoms.